The van der Waals surface area contributed by atoms with Crippen molar-refractivity contribution in [3.63, 3.8) is 0 Å². The molecule has 0 aliphatic carbocycles. The van der Waals surface area contributed by atoms with E-state index in [9.17, 15) is 9.59 Å². The number of nitrogens with one attached hydrogen (secondary N) is 1. The maximum absolute atomic E-state index is 13.1. The number of fused-ring (bicyclic) bond motifs is 1. The van der Waals surface area contributed by atoms with Crippen molar-refractivity contribution >= 4 is 16.8 Å². The first-order chi connectivity index (χ1) is 16.0. The number of nitrogens with zero attached hydrogens (tertiary/aromatic N) is 4. The van der Waals surface area contributed by atoms with Gasteiger partial charge in [0.1, 0.15) is 5.75 Å². The number of aromatic nitrogens is 4. The maximum atomic E-state index is 13.1. The van der Waals surface area contributed by atoms with Crippen molar-refractivity contribution in [2.75, 3.05) is 6.61 Å². The van der Waals surface area contributed by atoms with Crippen LogP contribution in [0.5, 0.6) is 5.75 Å². The quantitative estimate of drug-likeness (QED) is 0.449. The summed E-state index contributed by atoms with van der Waals surface area (Å²) in [6.07, 6.45) is 0.132. The first-order valence-corrected chi connectivity index (χ1v) is 11.0. The number of hydrogen-bond acceptors (Lipinski definition) is 5. The van der Waals surface area contributed by atoms with Crippen LogP contribution >= 0.6 is 0 Å². The molecule has 33 heavy (non-hydrogen) atoms. The predicted molar refractivity (Wildman–Crippen MR) is 127 cm³/mol. The standard InChI is InChI=1S/C25H27N5O3/c1-4-33-21-13-9-8-10-19(21)16-26-22(31)14-15-29-25(32)24-23(17(2)27-29)18(3)30(28-24)20-11-6-5-7-12-20/h5-13H,4,14-16H2,1-3H3,(H,26,31). The Morgan fingerprint density at radius 3 is 2.52 bits per heavy atom. The third kappa shape index (κ3) is 4.64. The fraction of sp³-hybridized carbons (Fsp3) is 0.280. The molecule has 1 N–H and O–H groups in total. The highest BCUT2D eigenvalue weighted by Gasteiger charge is 2.18. The van der Waals surface area contributed by atoms with E-state index in [4.69, 9.17) is 4.74 Å². The zero-order valence-electron chi connectivity index (χ0n) is 19.0. The number of para-hydroxylation sites is 2. The van der Waals surface area contributed by atoms with Gasteiger partial charge in [0.2, 0.25) is 5.91 Å². The number of ether oxygens (including phenoxy) is 1. The fourth-order valence-corrected chi connectivity index (χ4v) is 3.89. The Hall–Kier alpha value is -3.94. The van der Waals surface area contributed by atoms with E-state index in [1.807, 2.05) is 75.4 Å². The van der Waals surface area contributed by atoms with Gasteiger partial charge in [-0.3, -0.25) is 9.59 Å². The van der Waals surface area contributed by atoms with Crippen LogP contribution in [-0.2, 0) is 17.9 Å². The minimum absolute atomic E-state index is 0.132. The molecular weight excluding hydrogens is 418 g/mol. The van der Waals surface area contributed by atoms with E-state index in [1.165, 1.54) is 4.68 Å². The minimum Gasteiger partial charge on any atom is -0.494 e. The summed E-state index contributed by atoms with van der Waals surface area (Å²) in [7, 11) is 0. The molecule has 2 aromatic carbocycles. The summed E-state index contributed by atoms with van der Waals surface area (Å²) in [6.45, 7) is 6.79. The Bertz CT molecular complexity index is 1340. The summed E-state index contributed by atoms with van der Waals surface area (Å²) in [5.41, 5.74) is 3.40. The highest BCUT2D eigenvalue weighted by Crippen LogP contribution is 2.21. The van der Waals surface area contributed by atoms with Crippen molar-refractivity contribution in [2.45, 2.75) is 40.3 Å². The van der Waals surface area contributed by atoms with E-state index in [1.54, 1.807) is 4.68 Å². The van der Waals surface area contributed by atoms with E-state index in [0.29, 0.717) is 24.4 Å². The molecule has 0 atom stereocenters. The summed E-state index contributed by atoms with van der Waals surface area (Å²) in [4.78, 5) is 25.5. The van der Waals surface area contributed by atoms with Crippen molar-refractivity contribution < 1.29 is 9.53 Å². The number of benzene rings is 2. The van der Waals surface area contributed by atoms with Crippen molar-refractivity contribution in [3.05, 3.63) is 81.9 Å². The molecule has 8 nitrogen and oxygen atoms in total. The normalized spacial score (nSPS) is 11.0. The van der Waals surface area contributed by atoms with Crippen LogP contribution in [0.2, 0.25) is 0 Å². The largest absolute Gasteiger partial charge is 0.494 e. The van der Waals surface area contributed by atoms with E-state index in [-0.39, 0.29) is 24.4 Å². The van der Waals surface area contributed by atoms with Gasteiger partial charge in [0, 0.05) is 18.5 Å². The topological polar surface area (TPSA) is 91.0 Å². The number of carbonyl (C=O) groups excluding carboxylic acids is 1. The summed E-state index contributed by atoms with van der Waals surface area (Å²) in [6, 6.07) is 17.3. The van der Waals surface area contributed by atoms with E-state index in [2.05, 4.69) is 15.5 Å². The van der Waals surface area contributed by atoms with Gasteiger partial charge in [-0.25, -0.2) is 9.36 Å². The smallest absolute Gasteiger partial charge is 0.295 e. The molecule has 2 heterocycles. The molecule has 0 saturated heterocycles. The number of rotatable bonds is 8. The Kier molecular flexibility index (Phi) is 6.53. The van der Waals surface area contributed by atoms with Crippen LogP contribution in [-0.4, -0.2) is 32.1 Å². The second kappa shape index (κ2) is 9.68. The van der Waals surface area contributed by atoms with Gasteiger partial charge in [-0.05, 0) is 39.0 Å². The molecular formula is C25H27N5O3. The maximum Gasteiger partial charge on any atom is 0.295 e. The molecule has 2 aromatic heterocycles. The van der Waals surface area contributed by atoms with E-state index < -0.39 is 0 Å². The second-order valence-electron chi connectivity index (χ2n) is 7.74. The fourth-order valence-electron chi connectivity index (χ4n) is 3.89. The van der Waals surface area contributed by atoms with Gasteiger partial charge in [0.25, 0.3) is 5.56 Å². The van der Waals surface area contributed by atoms with Crippen LogP contribution in [0.15, 0.2) is 59.4 Å². The lowest BCUT2D eigenvalue weighted by Gasteiger charge is -2.11. The molecule has 0 fully saturated rings. The van der Waals surface area contributed by atoms with Gasteiger partial charge >= 0.3 is 0 Å². The Labute approximate surface area is 191 Å². The summed E-state index contributed by atoms with van der Waals surface area (Å²) >= 11 is 0. The van der Waals surface area contributed by atoms with Crippen molar-refractivity contribution in [3.8, 4) is 11.4 Å². The molecule has 0 aliphatic heterocycles. The van der Waals surface area contributed by atoms with Gasteiger partial charge in [-0.1, -0.05) is 36.4 Å². The number of amides is 1. The molecule has 8 heteroatoms. The first-order valence-electron chi connectivity index (χ1n) is 11.0. The van der Waals surface area contributed by atoms with Crippen molar-refractivity contribution in [2.24, 2.45) is 0 Å². The molecule has 1 amide bonds. The Morgan fingerprint density at radius 2 is 1.76 bits per heavy atom. The van der Waals surface area contributed by atoms with Crippen molar-refractivity contribution in [1.29, 1.82) is 0 Å². The molecule has 0 unspecified atom stereocenters. The molecule has 0 radical (unpaired) electrons. The van der Waals surface area contributed by atoms with E-state index in [0.717, 1.165) is 28.1 Å². The molecule has 0 spiro atoms. The SMILES string of the molecule is CCOc1ccccc1CNC(=O)CCn1nc(C)c2c(C)n(-c3ccccc3)nc2c1=O. The lowest BCUT2D eigenvalue weighted by molar-refractivity contribution is -0.121. The molecule has 0 aliphatic rings. The minimum atomic E-state index is -0.303. The monoisotopic (exact) mass is 445 g/mol. The van der Waals surface area contributed by atoms with Gasteiger partial charge in [0.15, 0.2) is 5.52 Å². The van der Waals surface area contributed by atoms with Gasteiger partial charge < -0.3 is 10.1 Å². The summed E-state index contributed by atoms with van der Waals surface area (Å²) in [5, 5.41) is 12.7. The predicted octanol–water partition coefficient (Wildman–Crippen LogP) is 3.30. The molecule has 4 aromatic rings. The third-order valence-electron chi connectivity index (χ3n) is 5.49. The summed E-state index contributed by atoms with van der Waals surface area (Å²) < 4.78 is 8.68. The Balaban J connectivity index is 1.50. The van der Waals surface area contributed by atoms with Crippen LogP contribution in [0.25, 0.3) is 16.6 Å². The molecule has 0 saturated carbocycles. The molecule has 0 bridgehead atoms. The first kappa shape index (κ1) is 22.3. The Morgan fingerprint density at radius 1 is 1.03 bits per heavy atom. The highest BCUT2D eigenvalue weighted by atomic mass is 16.5. The average molecular weight is 446 g/mol. The zero-order valence-corrected chi connectivity index (χ0v) is 19.0. The number of carbonyl (C=O) groups is 1. The molecule has 4 rings (SSSR count). The average Bonchev–Trinajstić information content (AvgIpc) is 3.18. The highest BCUT2D eigenvalue weighted by molar-refractivity contribution is 5.83. The lowest BCUT2D eigenvalue weighted by atomic mass is 10.2. The second-order valence-corrected chi connectivity index (χ2v) is 7.74. The van der Waals surface area contributed by atoms with Gasteiger partial charge in [-0.2, -0.15) is 10.2 Å². The van der Waals surface area contributed by atoms with E-state index >= 15 is 0 Å². The number of aryl methyl sites for hydroxylation is 3. The third-order valence-corrected chi connectivity index (χ3v) is 5.49. The van der Waals surface area contributed by atoms with Gasteiger partial charge in [0.05, 0.1) is 35.6 Å². The van der Waals surface area contributed by atoms with Crippen molar-refractivity contribution in [1.82, 2.24) is 24.9 Å². The lowest BCUT2D eigenvalue weighted by Crippen LogP contribution is -2.29. The van der Waals surface area contributed by atoms with Crippen LogP contribution in [0.1, 0.15) is 30.3 Å². The molecule has 170 valence electrons. The van der Waals surface area contributed by atoms with Crippen LogP contribution < -0.4 is 15.6 Å². The summed E-state index contributed by atoms with van der Waals surface area (Å²) in [5.74, 6) is 0.586. The van der Waals surface area contributed by atoms with Crippen LogP contribution in [0, 0.1) is 13.8 Å². The van der Waals surface area contributed by atoms with Crippen LogP contribution in [0.4, 0.5) is 0 Å². The number of hydrogen-bond donors (Lipinski definition) is 1. The van der Waals surface area contributed by atoms with Gasteiger partial charge in [-0.15, -0.1) is 0 Å². The zero-order chi connectivity index (χ0) is 23.4. The van der Waals surface area contributed by atoms with Crippen LogP contribution in [0.3, 0.4) is 0 Å².